The molecule has 0 bridgehead atoms. The van der Waals surface area contributed by atoms with Crippen LogP contribution in [0.15, 0.2) is 0 Å². The van der Waals surface area contributed by atoms with E-state index in [-0.39, 0.29) is 0 Å². The maximum absolute atomic E-state index is 11.4. The minimum absolute atomic E-state index is 0.343. The van der Waals surface area contributed by atoms with E-state index >= 15 is 0 Å². The van der Waals surface area contributed by atoms with Gasteiger partial charge >= 0.3 is 11.9 Å². The molecule has 0 amide bonds. The molecule has 0 radical (unpaired) electrons. The zero-order valence-corrected chi connectivity index (χ0v) is 10.8. The summed E-state index contributed by atoms with van der Waals surface area (Å²) in [6, 6.07) is 0. The summed E-state index contributed by atoms with van der Waals surface area (Å²) in [7, 11) is 0. The average Bonchev–Trinajstić information content (AvgIpc) is 2.28. The van der Waals surface area contributed by atoms with Crippen molar-refractivity contribution in [2.45, 2.75) is 58.7 Å². The summed E-state index contributed by atoms with van der Waals surface area (Å²) in [4.78, 5) is 22.3. The fraction of sp³-hybridized carbons (Fsp3) is 0.833. The summed E-state index contributed by atoms with van der Waals surface area (Å²) in [5, 5.41) is 8.90. The third-order valence-corrected chi connectivity index (χ3v) is 2.21. The van der Waals surface area contributed by atoms with E-state index in [0.29, 0.717) is 6.61 Å². The fourth-order valence-corrected chi connectivity index (χ4v) is 1.14. The summed E-state index contributed by atoms with van der Waals surface area (Å²) in [6.45, 7) is 5.15. The second kappa shape index (κ2) is 8.98. The summed E-state index contributed by atoms with van der Waals surface area (Å²) in [5.41, 5.74) is 0. The molecule has 1 N–H and O–H groups in total. The molecular formula is C12H22O5. The van der Waals surface area contributed by atoms with Crippen LogP contribution in [0, 0.1) is 0 Å². The van der Waals surface area contributed by atoms with Crippen LogP contribution >= 0.6 is 0 Å². The maximum Gasteiger partial charge on any atom is 0.347 e. The molecule has 0 aromatic heterocycles. The molecule has 5 heteroatoms. The minimum atomic E-state index is -1.23. The number of hydrogen-bond donors (Lipinski definition) is 1. The van der Waals surface area contributed by atoms with Crippen molar-refractivity contribution in [3.05, 3.63) is 0 Å². The van der Waals surface area contributed by atoms with Crippen molar-refractivity contribution in [3.8, 4) is 0 Å². The van der Waals surface area contributed by atoms with Crippen LogP contribution in [0.5, 0.6) is 0 Å². The van der Waals surface area contributed by atoms with E-state index in [9.17, 15) is 9.59 Å². The zero-order chi connectivity index (χ0) is 13.3. The number of rotatable bonds is 8. The van der Waals surface area contributed by atoms with Gasteiger partial charge in [0, 0.05) is 0 Å². The Balaban J connectivity index is 3.71. The third kappa shape index (κ3) is 7.74. The highest BCUT2D eigenvalue weighted by molar-refractivity contribution is 5.80. The van der Waals surface area contributed by atoms with E-state index in [4.69, 9.17) is 9.84 Å². The second-order valence-electron chi connectivity index (χ2n) is 3.98. The number of aliphatic hydroxyl groups is 1. The standard InChI is InChI=1S/C12H22O5/c1-4-5-6-7-8-16-12(15)10(3)17-11(14)9(2)13/h9-10,13H,4-8H2,1-3H3. The molecule has 0 spiro atoms. The molecule has 2 unspecified atom stereocenters. The highest BCUT2D eigenvalue weighted by Crippen LogP contribution is 2.02. The summed E-state index contributed by atoms with van der Waals surface area (Å²) >= 11 is 0. The maximum atomic E-state index is 11.4. The predicted octanol–water partition coefficient (Wildman–Crippen LogP) is 1.42. The van der Waals surface area contributed by atoms with E-state index in [2.05, 4.69) is 11.7 Å². The Hall–Kier alpha value is -1.10. The normalized spacial score (nSPS) is 13.9. The SMILES string of the molecule is CCCCCCOC(=O)C(C)OC(=O)C(C)O. The van der Waals surface area contributed by atoms with Crippen molar-refractivity contribution in [2.75, 3.05) is 6.61 Å². The van der Waals surface area contributed by atoms with E-state index in [1.165, 1.54) is 13.8 Å². The third-order valence-electron chi connectivity index (χ3n) is 2.21. The van der Waals surface area contributed by atoms with Gasteiger partial charge in [-0.3, -0.25) is 0 Å². The smallest absolute Gasteiger partial charge is 0.347 e. The van der Waals surface area contributed by atoms with E-state index in [1.54, 1.807) is 0 Å². The van der Waals surface area contributed by atoms with Crippen molar-refractivity contribution < 1.29 is 24.2 Å². The largest absolute Gasteiger partial charge is 0.463 e. The van der Waals surface area contributed by atoms with Crippen LogP contribution in [0.1, 0.15) is 46.5 Å². The van der Waals surface area contributed by atoms with Crippen LogP contribution in [-0.2, 0) is 19.1 Å². The molecule has 0 heterocycles. The van der Waals surface area contributed by atoms with Crippen molar-refractivity contribution in [3.63, 3.8) is 0 Å². The van der Waals surface area contributed by atoms with Gasteiger partial charge < -0.3 is 14.6 Å². The zero-order valence-electron chi connectivity index (χ0n) is 10.8. The van der Waals surface area contributed by atoms with Gasteiger partial charge in [-0.1, -0.05) is 26.2 Å². The minimum Gasteiger partial charge on any atom is -0.463 e. The Morgan fingerprint density at radius 2 is 1.76 bits per heavy atom. The first-order chi connectivity index (χ1) is 7.99. The second-order valence-corrected chi connectivity index (χ2v) is 3.98. The number of hydrogen-bond acceptors (Lipinski definition) is 5. The quantitative estimate of drug-likeness (QED) is 0.518. The molecule has 5 nitrogen and oxygen atoms in total. The van der Waals surface area contributed by atoms with Gasteiger partial charge in [0.1, 0.15) is 6.10 Å². The van der Waals surface area contributed by atoms with E-state index in [0.717, 1.165) is 25.7 Å². The van der Waals surface area contributed by atoms with Crippen molar-refractivity contribution in [1.82, 2.24) is 0 Å². The van der Waals surface area contributed by atoms with Gasteiger partial charge in [-0.15, -0.1) is 0 Å². The van der Waals surface area contributed by atoms with E-state index < -0.39 is 24.1 Å². The number of carbonyl (C=O) groups excluding carboxylic acids is 2. The first kappa shape index (κ1) is 15.9. The molecular weight excluding hydrogens is 224 g/mol. The molecule has 100 valence electrons. The van der Waals surface area contributed by atoms with Crippen LogP contribution in [0.25, 0.3) is 0 Å². The number of ether oxygens (including phenoxy) is 2. The molecule has 0 aromatic rings. The molecule has 0 rings (SSSR count). The van der Waals surface area contributed by atoms with Gasteiger partial charge in [-0.25, -0.2) is 9.59 Å². The van der Waals surface area contributed by atoms with Gasteiger partial charge in [0.25, 0.3) is 0 Å². The van der Waals surface area contributed by atoms with Crippen LogP contribution in [0.4, 0.5) is 0 Å². The molecule has 17 heavy (non-hydrogen) atoms. The van der Waals surface area contributed by atoms with Crippen LogP contribution in [0.2, 0.25) is 0 Å². The first-order valence-corrected chi connectivity index (χ1v) is 6.04. The van der Waals surface area contributed by atoms with Crippen LogP contribution in [-0.4, -0.2) is 35.9 Å². The average molecular weight is 246 g/mol. The van der Waals surface area contributed by atoms with Crippen molar-refractivity contribution >= 4 is 11.9 Å². The summed E-state index contributed by atoms with van der Waals surface area (Å²) in [5.74, 6) is -1.39. The molecule has 0 aromatic carbocycles. The highest BCUT2D eigenvalue weighted by Gasteiger charge is 2.21. The lowest BCUT2D eigenvalue weighted by Gasteiger charge is -2.13. The monoisotopic (exact) mass is 246 g/mol. The number of esters is 2. The molecule has 0 saturated carbocycles. The molecule has 0 aliphatic carbocycles. The first-order valence-electron chi connectivity index (χ1n) is 6.04. The van der Waals surface area contributed by atoms with Gasteiger partial charge in [-0.2, -0.15) is 0 Å². The van der Waals surface area contributed by atoms with Gasteiger partial charge in [0.15, 0.2) is 6.10 Å². The highest BCUT2D eigenvalue weighted by atomic mass is 16.6. The molecule has 0 fully saturated rings. The van der Waals surface area contributed by atoms with Gasteiger partial charge in [0.05, 0.1) is 6.61 Å². The Morgan fingerprint density at radius 1 is 1.12 bits per heavy atom. The van der Waals surface area contributed by atoms with E-state index in [1.807, 2.05) is 0 Å². The molecule has 2 atom stereocenters. The Labute approximate surface area is 102 Å². The Bertz CT molecular complexity index is 237. The van der Waals surface area contributed by atoms with Gasteiger partial charge in [-0.05, 0) is 20.3 Å². The summed E-state index contributed by atoms with van der Waals surface area (Å²) < 4.78 is 9.62. The topological polar surface area (TPSA) is 72.8 Å². The lowest BCUT2D eigenvalue weighted by molar-refractivity contribution is -0.171. The summed E-state index contributed by atoms with van der Waals surface area (Å²) in [6.07, 6.45) is 1.88. The molecule has 0 aliphatic rings. The lowest BCUT2D eigenvalue weighted by Crippen LogP contribution is -2.30. The number of carbonyl (C=O) groups is 2. The van der Waals surface area contributed by atoms with Crippen LogP contribution < -0.4 is 0 Å². The number of aliphatic hydroxyl groups excluding tert-OH is 1. The molecule has 0 aliphatic heterocycles. The Morgan fingerprint density at radius 3 is 2.29 bits per heavy atom. The lowest BCUT2D eigenvalue weighted by atomic mass is 10.2. The Kier molecular flexibility index (Phi) is 8.40. The number of unbranched alkanes of at least 4 members (excludes halogenated alkanes) is 3. The fourth-order valence-electron chi connectivity index (χ4n) is 1.14. The molecule has 0 saturated heterocycles. The van der Waals surface area contributed by atoms with Crippen molar-refractivity contribution in [2.24, 2.45) is 0 Å². The van der Waals surface area contributed by atoms with Crippen molar-refractivity contribution in [1.29, 1.82) is 0 Å². The van der Waals surface area contributed by atoms with Gasteiger partial charge in [0.2, 0.25) is 0 Å². The van der Waals surface area contributed by atoms with Crippen LogP contribution in [0.3, 0.4) is 0 Å². The predicted molar refractivity (Wildman–Crippen MR) is 62.3 cm³/mol.